The Morgan fingerprint density at radius 2 is 1.20 bits per heavy atom. The Morgan fingerprint density at radius 3 is 1.20 bits per heavy atom. The van der Waals surface area contributed by atoms with Crippen molar-refractivity contribution >= 4 is 37.7 Å². The Labute approximate surface area is 55.8 Å². The zero-order valence-corrected chi connectivity index (χ0v) is 1.82. The standard InChI is InChI=1S/C2H4O.2Li.2H/c1-2-3-1;;;;/h1-2H2;;;;. The Kier molecular flexibility index (Phi) is 9.77. The van der Waals surface area contributed by atoms with Crippen LogP contribution in [-0.2, 0) is 4.74 Å². The summed E-state index contributed by atoms with van der Waals surface area (Å²) >= 11 is 0. The predicted octanol–water partition coefficient (Wildman–Crippen LogP) is -1.28. The van der Waals surface area contributed by atoms with Crippen molar-refractivity contribution in [2.24, 2.45) is 0 Å². The Bertz CT molecular complexity index is 12.4. The molecule has 0 N–H and O–H groups in total. The van der Waals surface area contributed by atoms with Crippen LogP contribution in [-0.4, -0.2) is 50.9 Å². The fourth-order valence-corrected chi connectivity index (χ4v) is 0. The summed E-state index contributed by atoms with van der Waals surface area (Å²) in [5, 5.41) is 0. The first kappa shape index (κ1) is 9.47. The van der Waals surface area contributed by atoms with E-state index in [0.29, 0.717) is 0 Å². The number of epoxide rings is 1. The molecule has 1 aliphatic rings. The van der Waals surface area contributed by atoms with Crippen molar-refractivity contribution in [2.45, 2.75) is 0 Å². The number of ether oxygens (including phenoxy) is 1. The quantitative estimate of drug-likeness (QED) is 0.250. The van der Waals surface area contributed by atoms with Crippen LogP contribution in [0.25, 0.3) is 0 Å². The molecule has 0 aromatic rings. The van der Waals surface area contributed by atoms with Crippen molar-refractivity contribution in [2.75, 3.05) is 13.2 Å². The van der Waals surface area contributed by atoms with Gasteiger partial charge in [-0.25, -0.2) is 0 Å². The molecule has 5 heavy (non-hydrogen) atoms. The molecule has 0 bridgehead atoms. The monoisotopic (exact) mass is 60.1 g/mol. The summed E-state index contributed by atoms with van der Waals surface area (Å²) in [6.07, 6.45) is 0. The average molecular weight is 60.0 g/mol. The summed E-state index contributed by atoms with van der Waals surface area (Å²) in [7, 11) is 0. The maximum absolute atomic E-state index is 4.50. The fourth-order valence-electron chi connectivity index (χ4n) is 0. The van der Waals surface area contributed by atoms with Crippen LogP contribution in [0.15, 0.2) is 0 Å². The van der Waals surface area contributed by atoms with Crippen molar-refractivity contribution in [1.29, 1.82) is 0 Å². The van der Waals surface area contributed by atoms with Gasteiger partial charge in [0, 0.05) is 0 Å². The van der Waals surface area contributed by atoms with Crippen LogP contribution >= 0.6 is 0 Å². The molecule has 1 rings (SSSR count). The minimum absolute atomic E-state index is 0. The van der Waals surface area contributed by atoms with Crippen LogP contribution in [0, 0.1) is 0 Å². The molecule has 0 aromatic heterocycles. The normalized spacial score (nSPS) is 14.4. The second-order valence-corrected chi connectivity index (χ2v) is 0.612. The van der Waals surface area contributed by atoms with Crippen LogP contribution in [0.3, 0.4) is 0 Å². The van der Waals surface area contributed by atoms with Crippen molar-refractivity contribution in [3.05, 3.63) is 0 Å². The molecule has 1 aliphatic heterocycles. The Morgan fingerprint density at radius 1 is 1.00 bits per heavy atom. The van der Waals surface area contributed by atoms with Gasteiger partial charge in [-0.05, 0) is 0 Å². The van der Waals surface area contributed by atoms with Gasteiger partial charge in [0.05, 0.1) is 13.2 Å². The van der Waals surface area contributed by atoms with E-state index in [4.69, 9.17) is 0 Å². The molecule has 1 saturated heterocycles. The van der Waals surface area contributed by atoms with E-state index in [1.165, 1.54) is 0 Å². The Hall–Kier alpha value is 1.15. The van der Waals surface area contributed by atoms with E-state index in [0.717, 1.165) is 13.2 Å². The van der Waals surface area contributed by atoms with Gasteiger partial charge in [-0.2, -0.15) is 0 Å². The van der Waals surface area contributed by atoms with E-state index in [2.05, 4.69) is 4.74 Å². The molecule has 3 heteroatoms. The molecule has 1 fully saturated rings. The molecule has 0 atom stereocenters. The molecule has 1 nitrogen and oxygen atoms in total. The topological polar surface area (TPSA) is 12.5 Å². The first-order valence-corrected chi connectivity index (χ1v) is 1.08. The van der Waals surface area contributed by atoms with Gasteiger partial charge >= 0.3 is 37.7 Å². The van der Waals surface area contributed by atoms with E-state index in [1.54, 1.807) is 0 Å². The summed E-state index contributed by atoms with van der Waals surface area (Å²) in [5.41, 5.74) is 0. The molecular weight excluding hydrogens is 53.9 g/mol. The first-order chi connectivity index (χ1) is 1.50. The molecule has 0 aromatic carbocycles. The van der Waals surface area contributed by atoms with Gasteiger partial charge in [0.2, 0.25) is 0 Å². The van der Waals surface area contributed by atoms with Gasteiger partial charge in [-0.1, -0.05) is 0 Å². The SMILES string of the molecule is C1CO1.[LiH].[LiH]. The number of rotatable bonds is 0. The van der Waals surface area contributed by atoms with E-state index >= 15 is 0 Å². The van der Waals surface area contributed by atoms with Crippen LogP contribution < -0.4 is 0 Å². The van der Waals surface area contributed by atoms with E-state index < -0.39 is 0 Å². The summed E-state index contributed by atoms with van der Waals surface area (Å²) in [6, 6.07) is 0. The van der Waals surface area contributed by atoms with E-state index in [-0.39, 0.29) is 37.7 Å². The molecule has 0 unspecified atom stereocenters. The Balaban J connectivity index is 0. The molecule has 1 heterocycles. The van der Waals surface area contributed by atoms with E-state index in [1.807, 2.05) is 0 Å². The number of hydrogen-bond donors (Lipinski definition) is 0. The van der Waals surface area contributed by atoms with Gasteiger partial charge in [0.25, 0.3) is 0 Å². The summed E-state index contributed by atoms with van der Waals surface area (Å²) in [6.45, 7) is 2.00. The van der Waals surface area contributed by atoms with Crippen molar-refractivity contribution in [3.8, 4) is 0 Å². The fraction of sp³-hybridized carbons (Fsp3) is 1.00. The molecular formula is C2H6Li2O. The van der Waals surface area contributed by atoms with E-state index in [9.17, 15) is 0 Å². The van der Waals surface area contributed by atoms with Crippen LogP contribution in [0.4, 0.5) is 0 Å². The van der Waals surface area contributed by atoms with Gasteiger partial charge in [0.15, 0.2) is 0 Å². The molecule has 22 valence electrons. The van der Waals surface area contributed by atoms with Crippen molar-refractivity contribution < 1.29 is 4.74 Å². The minimum atomic E-state index is 0. The summed E-state index contributed by atoms with van der Waals surface area (Å²) < 4.78 is 4.50. The predicted molar refractivity (Wildman–Crippen MR) is 25.1 cm³/mol. The second-order valence-electron chi connectivity index (χ2n) is 0.612. The molecule has 0 amide bonds. The molecule has 0 aliphatic carbocycles. The third kappa shape index (κ3) is 11.0. The number of hydrogen-bond acceptors (Lipinski definition) is 1. The summed E-state index contributed by atoms with van der Waals surface area (Å²) in [5.74, 6) is 0. The van der Waals surface area contributed by atoms with Gasteiger partial charge in [-0.3, -0.25) is 0 Å². The van der Waals surface area contributed by atoms with Gasteiger partial charge in [0.1, 0.15) is 0 Å². The van der Waals surface area contributed by atoms with Crippen LogP contribution in [0.2, 0.25) is 0 Å². The summed E-state index contributed by atoms with van der Waals surface area (Å²) in [4.78, 5) is 0. The van der Waals surface area contributed by atoms with Crippen molar-refractivity contribution in [3.63, 3.8) is 0 Å². The van der Waals surface area contributed by atoms with Crippen molar-refractivity contribution in [1.82, 2.24) is 0 Å². The zero-order valence-electron chi connectivity index (χ0n) is 1.82. The van der Waals surface area contributed by atoms with Crippen LogP contribution in [0.1, 0.15) is 0 Å². The second kappa shape index (κ2) is 5.15. The van der Waals surface area contributed by atoms with Crippen LogP contribution in [0.5, 0.6) is 0 Å². The van der Waals surface area contributed by atoms with Gasteiger partial charge in [-0.15, -0.1) is 0 Å². The third-order valence-corrected chi connectivity index (χ3v) is 0.204. The first-order valence-electron chi connectivity index (χ1n) is 1.08. The molecule has 0 radical (unpaired) electrons. The maximum atomic E-state index is 4.50. The molecule has 0 spiro atoms. The molecule has 0 saturated carbocycles. The third-order valence-electron chi connectivity index (χ3n) is 0.204. The zero-order chi connectivity index (χ0) is 2.12. The van der Waals surface area contributed by atoms with Gasteiger partial charge < -0.3 is 4.74 Å². The average Bonchev–Trinajstić information content (AvgIpc) is 1.46.